The molecule has 1 N–H and O–H groups in total. The summed E-state index contributed by atoms with van der Waals surface area (Å²) in [5, 5.41) is 4.11. The average Bonchev–Trinajstić information content (AvgIpc) is 2.52. The Morgan fingerprint density at radius 3 is 2.33 bits per heavy atom. The van der Waals surface area contributed by atoms with Crippen LogP contribution in [0, 0.1) is 0 Å². The zero-order chi connectivity index (χ0) is 15.2. The lowest BCUT2D eigenvalue weighted by molar-refractivity contribution is 0.414. The largest absolute Gasteiger partial charge is 0.497 e. The van der Waals surface area contributed by atoms with E-state index in [1.54, 1.807) is 14.2 Å². The molecule has 0 aliphatic carbocycles. The minimum Gasteiger partial charge on any atom is -0.497 e. The first-order chi connectivity index (χ1) is 10.1. The van der Waals surface area contributed by atoms with Gasteiger partial charge in [-0.1, -0.05) is 29.8 Å². The second kappa shape index (κ2) is 7.34. The van der Waals surface area contributed by atoms with E-state index in [0.717, 1.165) is 17.9 Å². The van der Waals surface area contributed by atoms with E-state index in [1.165, 1.54) is 5.56 Å². The number of hydrogen-bond donors (Lipinski definition) is 1. The van der Waals surface area contributed by atoms with Crippen LogP contribution in [0.15, 0.2) is 42.5 Å². The maximum Gasteiger partial charge on any atom is 0.137 e. The van der Waals surface area contributed by atoms with Gasteiger partial charge in [-0.25, -0.2) is 0 Å². The predicted octanol–water partition coefficient (Wildman–Crippen LogP) is 4.21. The number of halogens is 1. The molecule has 112 valence electrons. The van der Waals surface area contributed by atoms with Crippen molar-refractivity contribution in [1.82, 2.24) is 5.32 Å². The van der Waals surface area contributed by atoms with Crippen LogP contribution in [0.4, 0.5) is 0 Å². The summed E-state index contributed by atoms with van der Waals surface area (Å²) in [7, 11) is 3.29. The van der Waals surface area contributed by atoms with Crippen LogP contribution >= 0.6 is 11.6 Å². The summed E-state index contributed by atoms with van der Waals surface area (Å²) in [6.45, 7) is 2.88. The third-order valence-electron chi connectivity index (χ3n) is 3.44. The molecule has 0 spiro atoms. The number of methoxy groups -OCH3 is 2. The van der Waals surface area contributed by atoms with Crippen molar-refractivity contribution in [3.05, 3.63) is 58.6 Å². The normalized spacial score (nSPS) is 12.0. The van der Waals surface area contributed by atoms with Crippen molar-refractivity contribution >= 4 is 11.6 Å². The Hall–Kier alpha value is -1.71. The van der Waals surface area contributed by atoms with E-state index < -0.39 is 0 Å². The van der Waals surface area contributed by atoms with E-state index in [9.17, 15) is 0 Å². The van der Waals surface area contributed by atoms with Gasteiger partial charge in [0.1, 0.15) is 11.5 Å². The maximum atomic E-state index is 6.13. The Morgan fingerprint density at radius 2 is 1.76 bits per heavy atom. The molecule has 0 aromatic heterocycles. The molecular weight excluding hydrogens is 286 g/mol. The van der Waals surface area contributed by atoms with Crippen molar-refractivity contribution in [2.45, 2.75) is 19.5 Å². The fourth-order valence-corrected chi connectivity index (χ4v) is 2.38. The lowest BCUT2D eigenvalue weighted by Crippen LogP contribution is -2.18. The highest BCUT2D eigenvalue weighted by Crippen LogP contribution is 2.25. The SMILES string of the molecule is COc1ccc([C@H](C)NCc2ccc(OC)c(Cl)c2)cc1. The zero-order valence-electron chi connectivity index (χ0n) is 12.5. The minimum atomic E-state index is 0.247. The number of ether oxygens (including phenoxy) is 2. The standard InChI is InChI=1S/C17H20ClNO2/c1-12(14-5-7-15(20-2)8-6-14)19-11-13-4-9-17(21-3)16(18)10-13/h4-10,12,19H,11H2,1-3H3/t12-/m0/s1. The molecule has 0 saturated carbocycles. The van der Waals surface area contributed by atoms with Gasteiger partial charge in [-0.05, 0) is 42.3 Å². The molecule has 0 bridgehead atoms. The van der Waals surface area contributed by atoms with Crippen LogP contribution < -0.4 is 14.8 Å². The Balaban J connectivity index is 1.96. The highest BCUT2D eigenvalue weighted by molar-refractivity contribution is 6.32. The molecule has 0 amide bonds. The molecule has 0 aliphatic heterocycles. The van der Waals surface area contributed by atoms with E-state index in [0.29, 0.717) is 10.8 Å². The van der Waals surface area contributed by atoms with Crippen molar-refractivity contribution in [1.29, 1.82) is 0 Å². The number of rotatable bonds is 6. The van der Waals surface area contributed by atoms with Gasteiger partial charge in [-0.15, -0.1) is 0 Å². The third kappa shape index (κ3) is 4.13. The molecule has 0 aliphatic rings. The quantitative estimate of drug-likeness (QED) is 0.867. The van der Waals surface area contributed by atoms with Crippen LogP contribution in [-0.4, -0.2) is 14.2 Å². The maximum absolute atomic E-state index is 6.13. The Bertz CT molecular complexity index is 584. The van der Waals surface area contributed by atoms with Gasteiger partial charge in [0.05, 0.1) is 19.2 Å². The van der Waals surface area contributed by atoms with Gasteiger partial charge in [-0.3, -0.25) is 0 Å². The van der Waals surface area contributed by atoms with Crippen molar-refractivity contribution in [2.75, 3.05) is 14.2 Å². The second-order valence-corrected chi connectivity index (χ2v) is 5.25. The summed E-state index contributed by atoms with van der Waals surface area (Å²) in [6.07, 6.45) is 0. The van der Waals surface area contributed by atoms with Gasteiger partial charge in [0.25, 0.3) is 0 Å². The van der Waals surface area contributed by atoms with Gasteiger partial charge >= 0.3 is 0 Å². The van der Waals surface area contributed by atoms with E-state index >= 15 is 0 Å². The van der Waals surface area contributed by atoms with E-state index in [-0.39, 0.29) is 6.04 Å². The minimum absolute atomic E-state index is 0.247. The molecule has 0 heterocycles. The lowest BCUT2D eigenvalue weighted by atomic mass is 10.1. The summed E-state index contributed by atoms with van der Waals surface area (Å²) < 4.78 is 10.3. The fourth-order valence-electron chi connectivity index (χ4n) is 2.10. The van der Waals surface area contributed by atoms with E-state index in [2.05, 4.69) is 24.4 Å². The summed E-state index contributed by atoms with van der Waals surface area (Å²) >= 11 is 6.13. The Kier molecular flexibility index (Phi) is 5.48. The third-order valence-corrected chi connectivity index (χ3v) is 3.74. The van der Waals surface area contributed by atoms with Crippen molar-refractivity contribution in [3.8, 4) is 11.5 Å². The molecule has 4 heteroatoms. The summed E-state index contributed by atoms with van der Waals surface area (Å²) in [4.78, 5) is 0. The van der Waals surface area contributed by atoms with Crippen LogP contribution in [0.2, 0.25) is 5.02 Å². The fraction of sp³-hybridized carbons (Fsp3) is 0.294. The van der Waals surface area contributed by atoms with Crippen LogP contribution in [0.1, 0.15) is 24.1 Å². The van der Waals surface area contributed by atoms with Gasteiger partial charge in [-0.2, -0.15) is 0 Å². The van der Waals surface area contributed by atoms with Crippen LogP contribution in [0.5, 0.6) is 11.5 Å². The van der Waals surface area contributed by atoms with Crippen molar-refractivity contribution in [3.63, 3.8) is 0 Å². The molecule has 0 saturated heterocycles. The van der Waals surface area contributed by atoms with E-state index in [1.807, 2.05) is 30.3 Å². The molecule has 2 aromatic carbocycles. The molecule has 2 rings (SSSR count). The Morgan fingerprint density at radius 1 is 1.05 bits per heavy atom. The highest BCUT2D eigenvalue weighted by Gasteiger charge is 2.06. The smallest absolute Gasteiger partial charge is 0.137 e. The molecule has 3 nitrogen and oxygen atoms in total. The average molecular weight is 306 g/mol. The van der Waals surface area contributed by atoms with Gasteiger partial charge in [0, 0.05) is 12.6 Å². The predicted molar refractivity (Wildman–Crippen MR) is 86.3 cm³/mol. The first-order valence-electron chi connectivity index (χ1n) is 6.83. The monoisotopic (exact) mass is 305 g/mol. The molecule has 2 aromatic rings. The summed E-state index contributed by atoms with van der Waals surface area (Å²) in [5.74, 6) is 1.57. The highest BCUT2D eigenvalue weighted by atomic mass is 35.5. The van der Waals surface area contributed by atoms with E-state index in [4.69, 9.17) is 21.1 Å². The Labute approximate surface area is 130 Å². The molecule has 0 unspecified atom stereocenters. The number of hydrogen-bond acceptors (Lipinski definition) is 3. The molecule has 0 radical (unpaired) electrons. The van der Waals surface area contributed by atoms with Crippen LogP contribution in [-0.2, 0) is 6.54 Å². The van der Waals surface area contributed by atoms with Crippen molar-refractivity contribution < 1.29 is 9.47 Å². The summed E-state index contributed by atoms with van der Waals surface area (Å²) in [5.41, 5.74) is 2.34. The van der Waals surface area contributed by atoms with Crippen LogP contribution in [0.25, 0.3) is 0 Å². The second-order valence-electron chi connectivity index (χ2n) is 4.84. The zero-order valence-corrected chi connectivity index (χ0v) is 13.3. The molecule has 1 atom stereocenters. The van der Waals surface area contributed by atoms with Gasteiger partial charge < -0.3 is 14.8 Å². The first kappa shape index (κ1) is 15.7. The number of nitrogens with one attached hydrogen (secondary N) is 1. The van der Waals surface area contributed by atoms with Crippen molar-refractivity contribution in [2.24, 2.45) is 0 Å². The molecule has 21 heavy (non-hydrogen) atoms. The lowest BCUT2D eigenvalue weighted by Gasteiger charge is -2.15. The van der Waals surface area contributed by atoms with Gasteiger partial charge in [0.2, 0.25) is 0 Å². The topological polar surface area (TPSA) is 30.5 Å². The summed E-state index contributed by atoms with van der Waals surface area (Å²) in [6, 6.07) is 14.1. The van der Waals surface area contributed by atoms with Crippen LogP contribution in [0.3, 0.4) is 0 Å². The van der Waals surface area contributed by atoms with Gasteiger partial charge in [0.15, 0.2) is 0 Å². The molecular formula is C17H20ClNO2. The number of benzene rings is 2. The molecule has 0 fully saturated rings. The first-order valence-corrected chi connectivity index (χ1v) is 7.21.